The number of carboxylic acid groups (broad SMARTS) is 1. The lowest BCUT2D eigenvalue weighted by Crippen LogP contribution is -2.23. The molecule has 0 spiro atoms. The highest BCUT2D eigenvalue weighted by Gasteiger charge is 2.36. The zero-order valence-electron chi connectivity index (χ0n) is 17.2. The Morgan fingerprint density at radius 1 is 1.31 bits per heavy atom. The van der Waals surface area contributed by atoms with Gasteiger partial charge in [0.25, 0.3) is 0 Å². The Hall–Kier alpha value is -3.87. The molecule has 4 aromatic rings. The molecule has 3 aromatic heterocycles. The Kier molecular flexibility index (Phi) is 5.12. The van der Waals surface area contributed by atoms with Crippen molar-refractivity contribution in [2.75, 3.05) is 0 Å². The summed E-state index contributed by atoms with van der Waals surface area (Å²) in [4.78, 5) is 15.8. The molecule has 0 amide bonds. The SMILES string of the molecule is CC(C)(CC#N)c1c([C@@H](F)CC(=O)O)c2nc3[nH]ncc3cc2n1-c1ccc(F)c(F)c1. The summed E-state index contributed by atoms with van der Waals surface area (Å²) in [7, 11) is 0. The van der Waals surface area contributed by atoms with E-state index in [0.29, 0.717) is 16.6 Å². The average Bonchev–Trinajstić information content (AvgIpc) is 3.29. The molecular weight excluding hydrogens is 423 g/mol. The van der Waals surface area contributed by atoms with E-state index in [2.05, 4.69) is 21.3 Å². The van der Waals surface area contributed by atoms with Crippen LogP contribution in [0, 0.1) is 23.0 Å². The number of aliphatic carboxylic acids is 1. The van der Waals surface area contributed by atoms with Crippen molar-refractivity contribution in [2.45, 2.75) is 38.3 Å². The van der Waals surface area contributed by atoms with E-state index in [1.165, 1.54) is 16.8 Å². The van der Waals surface area contributed by atoms with E-state index in [1.807, 2.05) is 0 Å². The Morgan fingerprint density at radius 2 is 2.06 bits per heavy atom. The summed E-state index contributed by atoms with van der Waals surface area (Å²) in [5.74, 6) is -3.50. The number of H-pyrrole nitrogens is 1. The van der Waals surface area contributed by atoms with Gasteiger partial charge in [0.1, 0.15) is 6.17 Å². The highest BCUT2D eigenvalue weighted by molar-refractivity contribution is 5.94. The molecule has 3 heterocycles. The number of alkyl halides is 1. The molecule has 32 heavy (non-hydrogen) atoms. The third kappa shape index (κ3) is 3.45. The molecule has 0 aliphatic heterocycles. The number of nitrogens with one attached hydrogen (secondary N) is 1. The normalized spacial score (nSPS) is 12.9. The van der Waals surface area contributed by atoms with Gasteiger partial charge in [-0.15, -0.1) is 0 Å². The zero-order valence-corrected chi connectivity index (χ0v) is 17.2. The maximum Gasteiger partial charge on any atom is 0.306 e. The molecule has 0 saturated heterocycles. The molecule has 7 nitrogen and oxygen atoms in total. The van der Waals surface area contributed by atoms with Crippen LogP contribution in [0.15, 0.2) is 30.5 Å². The van der Waals surface area contributed by atoms with E-state index >= 15 is 4.39 Å². The molecule has 1 atom stereocenters. The van der Waals surface area contributed by atoms with Gasteiger partial charge < -0.3 is 9.67 Å². The molecule has 0 bridgehead atoms. The number of fused-ring (bicyclic) bond motifs is 2. The van der Waals surface area contributed by atoms with Crippen LogP contribution in [0.25, 0.3) is 27.8 Å². The van der Waals surface area contributed by atoms with Crippen molar-refractivity contribution in [2.24, 2.45) is 0 Å². The standard InChI is InChI=1S/C22H18F3N5O2/c1-22(2,5-6-26)20-18(15(25)9-17(31)32)19-16(7-11-10-27-29-21(11)28-19)30(20)12-3-4-13(23)14(24)8-12/h3-4,7-8,10,15H,5,9H2,1-2H3,(H,31,32)(H,27,28,29)/t15-/m0/s1. The third-order valence-corrected chi connectivity index (χ3v) is 5.37. The largest absolute Gasteiger partial charge is 0.481 e. The summed E-state index contributed by atoms with van der Waals surface area (Å²) in [6.45, 7) is 3.40. The van der Waals surface area contributed by atoms with Gasteiger partial charge in [0, 0.05) is 40.2 Å². The smallest absolute Gasteiger partial charge is 0.306 e. The summed E-state index contributed by atoms with van der Waals surface area (Å²) in [6, 6.07) is 6.97. The van der Waals surface area contributed by atoms with E-state index in [-0.39, 0.29) is 28.9 Å². The van der Waals surface area contributed by atoms with E-state index in [0.717, 1.165) is 12.1 Å². The molecule has 10 heteroatoms. The molecule has 0 unspecified atom stereocenters. The van der Waals surface area contributed by atoms with E-state index in [9.17, 15) is 23.9 Å². The van der Waals surface area contributed by atoms with Crippen LogP contribution in [0.5, 0.6) is 0 Å². The van der Waals surface area contributed by atoms with E-state index < -0.39 is 35.6 Å². The lowest BCUT2D eigenvalue weighted by atomic mass is 9.82. The number of hydrogen-bond donors (Lipinski definition) is 2. The van der Waals surface area contributed by atoms with Crippen LogP contribution < -0.4 is 0 Å². The van der Waals surface area contributed by atoms with E-state index in [4.69, 9.17) is 0 Å². The number of aromatic nitrogens is 4. The fourth-order valence-corrected chi connectivity index (χ4v) is 3.98. The first-order chi connectivity index (χ1) is 15.1. The van der Waals surface area contributed by atoms with Gasteiger partial charge in [-0.05, 0) is 18.2 Å². The van der Waals surface area contributed by atoms with Crippen molar-refractivity contribution in [3.8, 4) is 11.8 Å². The van der Waals surface area contributed by atoms with Crippen LogP contribution in [-0.4, -0.2) is 30.8 Å². The minimum Gasteiger partial charge on any atom is -0.481 e. The fraction of sp³-hybridized carbons (Fsp3) is 0.273. The molecule has 4 rings (SSSR count). The number of pyridine rings is 1. The second-order valence-electron chi connectivity index (χ2n) is 8.14. The lowest BCUT2D eigenvalue weighted by molar-refractivity contribution is -0.138. The Bertz CT molecular complexity index is 1400. The zero-order chi connectivity index (χ0) is 23.2. The van der Waals surface area contributed by atoms with Crippen molar-refractivity contribution in [3.05, 3.63) is 53.4 Å². The summed E-state index contributed by atoms with van der Waals surface area (Å²) in [5, 5.41) is 25.8. The quantitative estimate of drug-likeness (QED) is 0.444. The second kappa shape index (κ2) is 7.67. The van der Waals surface area contributed by atoms with Gasteiger partial charge in [-0.2, -0.15) is 10.4 Å². The van der Waals surface area contributed by atoms with Gasteiger partial charge >= 0.3 is 5.97 Å². The molecule has 0 radical (unpaired) electrons. The van der Waals surface area contributed by atoms with Crippen molar-refractivity contribution in [1.82, 2.24) is 19.7 Å². The van der Waals surface area contributed by atoms with Crippen LogP contribution in [0.1, 0.15) is 44.1 Å². The number of carbonyl (C=O) groups is 1. The monoisotopic (exact) mass is 441 g/mol. The predicted molar refractivity (Wildman–Crippen MR) is 110 cm³/mol. The summed E-state index contributed by atoms with van der Waals surface area (Å²) in [6.07, 6.45) is -1.31. The topological polar surface area (TPSA) is 108 Å². The Balaban J connectivity index is 2.18. The first-order valence-electron chi connectivity index (χ1n) is 9.71. The highest BCUT2D eigenvalue weighted by atomic mass is 19.2. The number of hydrogen-bond acceptors (Lipinski definition) is 4. The lowest BCUT2D eigenvalue weighted by Gasteiger charge is -2.27. The molecular formula is C22H18F3N5O2. The first-order valence-corrected chi connectivity index (χ1v) is 9.71. The van der Waals surface area contributed by atoms with Gasteiger partial charge in [-0.25, -0.2) is 18.2 Å². The Morgan fingerprint density at radius 3 is 2.72 bits per heavy atom. The third-order valence-electron chi connectivity index (χ3n) is 5.37. The molecule has 164 valence electrons. The summed E-state index contributed by atoms with van der Waals surface area (Å²) in [5.41, 5.74) is 0.326. The number of rotatable bonds is 6. The average molecular weight is 441 g/mol. The number of benzene rings is 1. The van der Waals surface area contributed by atoms with Gasteiger partial charge in [0.15, 0.2) is 17.3 Å². The maximum absolute atomic E-state index is 15.5. The van der Waals surface area contributed by atoms with Crippen LogP contribution in [0.2, 0.25) is 0 Å². The van der Waals surface area contributed by atoms with E-state index in [1.54, 1.807) is 19.9 Å². The number of nitriles is 1. The molecule has 0 aliphatic carbocycles. The van der Waals surface area contributed by atoms with Crippen molar-refractivity contribution < 1.29 is 23.1 Å². The molecule has 0 fully saturated rings. The molecule has 1 aromatic carbocycles. The Labute approximate surface area is 180 Å². The number of carboxylic acids is 1. The molecule has 2 N–H and O–H groups in total. The minimum atomic E-state index is -1.96. The number of aromatic amines is 1. The van der Waals surface area contributed by atoms with Crippen molar-refractivity contribution in [3.63, 3.8) is 0 Å². The van der Waals surface area contributed by atoms with Crippen molar-refractivity contribution >= 4 is 28.0 Å². The van der Waals surface area contributed by atoms with Crippen molar-refractivity contribution in [1.29, 1.82) is 5.26 Å². The summed E-state index contributed by atoms with van der Waals surface area (Å²) < 4.78 is 44.8. The first kappa shape index (κ1) is 21.4. The second-order valence-corrected chi connectivity index (χ2v) is 8.14. The number of halogens is 3. The van der Waals surface area contributed by atoms with Crippen LogP contribution in [-0.2, 0) is 10.2 Å². The summed E-state index contributed by atoms with van der Waals surface area (Å²) >= 11 is 0. The van der Waals surface area contributed by atoms with Crippen LogP contribution in [0.3, 0.4) is 0 Å². The van der Waals surface area contributed by atoms with Gasteiger partial charge in [0.2, 0.25) is 0 Å². The fourth-order valence-electron chi connectivity index (χ4n) is 3.98. The number of nitrogens with zero attached hydrogens (tertiary/aromatic N) is 4. The van der Waals surface area contributed by atoms with Crippen LogP contribution >= 0.6 is 0 Å². The van der Waals surface area contributed by atoms with Gasteiger partial charge in [0.05, 0.1) is 29.7 Å². The van der Waals surface area contributed by atoms with Crippen LogP contribution in [0.4, 0.5) is 13.2 Å². The maximum atomic E-state index is 15.5. The van der Waals surface area contributed by atoms with Gasteiger partial charge in [-0.3, -0.25) is 9.89 Å². The van der Waals surface area contributed by atoms with Gasteiger partial charge in [-0.1, -0.05) is 13.8 Å². The molecule has 0 saturated carbocycles. The minimum absolute atomic E-state index is 0.0103. The molecule has 0 aliphatic rings. The highest BCUT2D eigenvalue weighted by Crippen LogP contribution is 2.43. The predicted octanol–water partition coefficient (Wildman–Crippen LogP) is 4.86.